The Balaban J connectivity index is 2.95. The minimum absolute atomic E-state index is 0.296. The molecule has 16 heavy (non-hydrogen) atoms. The van der Waals surface area contributed by atoms with Crippen LogP contribution in [0.1, 0.15) is 18.5 Å². The van der Waals surface area contributed by atoms with E-state index in [1.54, 1.807) is 7.11 Å². The smallest absolute Gasteiger partial charge is 0.327 e. The van der Waals surface area contributed by atoms with Gasteiger partial charge < -0.3 is 14.8 Å². The highest BCUT2D eigenvalue weighted by atomic mass is 16.5. The van der Waals surface area contributed by atoms with Crippen LogP contribution in [0.2, 0.25) is 0 Å². The van der Waals surface area contributed by atoms with Gasteiger partial charge in [-0.25, -0.2) is 4.79 Å². The van der Waals surface area contributed by atoms with Crippen LogP contribution in [0, 0.1) is 0 Å². The van der Waals surface area contributed by atoms with Crippen LogP contribution in [0.15, 0.2) is 24.3 Å². The maximum atomic E-state index is 11.6. The molecule has 0 aromatic heterocycles. The Bertz CT molecular complexity index is 352. The Labute approximate surface area is 95.6 Å². The predicted octanol–water partition coefficient (Wildman–Crippen LogP) is 1.52. The zero-order valence-corrected chi connectivity index (χ0v) is 9.82. The summed E-state index contributed by atoms with van der Waals surface area (Å²) >= 11 is 0. The lowest BCUT2D eigenvalue weighted by atomic mass is 10.1. The summed E-state index contributed by atoms with van der Waals surface area (Å²) in [6, 6.07) is 6.94. The van der Waals surface area contributed by atoms with Crippen molar-refractivity contribution in [2.24, 2.45) is 0 Å². The predicted molar refractivity (Wildman–Crippen MR) is 61.4 cm³/mol. The van der Waals surface area contributed by atoms with Crippen LogP contribution in [-0.4, -0.2) is 26.7 Å². The Morgan fingerprint density at radius 3 is 2.75 bits per heavy atom. The molecule has 0 amide bonds. The molecule has 4 nitrogen and oxygen atoms in total. The standard InChI is InChI=1S/C12H17NO3/c1-4-13-11(12(14)16-3)9-6-5-7-10(8-9)15-2/h5-8,11,13H,4H2,1-3H3. The van der Waals surface area contributed by atoms with Gasteiger partial charge in [0, 0.05) is 0 Å². The van der Waals surface area contributed by atoms with Gasteiger partial charge in [0.15, 0.2) is 0 Å². The van der Waals surface area contributed by atoms with Gasteiger partial charge >= 0.3 is 5.97 Å². The Morgan fingerprint density at radius 1 is 1.44 bits per heavy atom. The molecule has 1 atom stereocenters. The number of likely N-dealkylation sites (N-methyl/N-ethyl adjacent to an activating group) is 1. The van der Waals surface area contributed by atoms with Gasteiger partial charge in [-0.3, -0.25) is 0 Å². The van der Waals surface area contributed by atoms with Crippen LogP contribution >= 0.6 is 0 Å². The number of methoxy groups -OCH3 is 2. The molecular formula is C12H17NO3. The molecule has 1 unspecified atom stereocenters. The van der Waals surface area contributed by atoms with Gasteiger partial charge in [-0.15, -0.1) is 0 Å². The van der Waals surface area contributed by atoms with Crippen LogP contribution in [0.25, 0.3) is 0 Å². The van der Waals surface area contributed by atoms with Gasteiger partial charge in [-0.2, -0.15) is 0 Å². The van der Waals surface area contributed by atoms with Crippen molar-refractivity contribution in [3.8, 4) is 5.75 Å². The van der Waals surface area contributed by atoms with Gasteiger partial charge in [0.05, 0.1) is 14.2 Å². The van der Waals surface area contributed by atoms with Gasteiger partial charge in [0.2, 0.25) is 0 Å². The minimum Gasteiger partial charge on any atom is -0.497 e. The summed E-state index contributed by atoms with van der Waals surface area (Å²) in [5.41, 5.74) is 0.841. The fourth-order valence-corrected chi connectivity index (χ4v) is 1.48. The summed E-state index contributed by atoms with van der Waals surface area (Å²) in [6.45, 7) is 2.63. The second kappa shape index (κ2) is 6.12. The molecule has 0 spiro atoms. The summed E-state index contributed by atoms with van der Waals surface area (Å²) in [7, 11) is 2.98. The average Bonchev–Trinajstić information content (AvgIpc) is 2.35. The Hall–Kier alpha value is -1.55. The number of nitrogens with one attached hydrogen (secondary N) is 1. The molecule has 0 aliphatic rings. The summed E-state index contributed by atoms with van der Waals surface area (Å²) < 4.78 is 9.87. The van der Waals surface area contributed by atoms with E-state index in [0.717, 1.165) is 11.3 Å². The molecule has 1 aromatic rings. The van der Waals surface area contributed by atoms with Crippen LogP contribution in [0.3, 0.4) is 0 Å². The second-order valence-corrected chi connectivity index (χ2v) is 3.29. The molecule has 0 aliphatic heterocycles. The van der Waals surface area contributed by atoms with E-state index in [1.165, 1.54) is 7.11 Å². The molecule has 88 valence electrons. The van der Waals surface area contributed by atoms with E-state index in [-0.39, 0.29) is 5.97 Å². The van der Waals surface area contributed by atoms with Gasteiger partial charge in [0.1, 0.15) is 11.8 Å². The van der Waals surface area contributed by atoms with Crippen molar-refractivity contribution in [3.05, 3.63) is 29.8 Å². The van der Waals surface area contributed by atoms with Crippen LogP contribution in [-0.2, 0) is 9.53 Å². The topological polar surface area (TPSA) is 47.6 Å². The van der Waals surface area contributed by atoms with Crippen molar-refractivity contribution in [3.63, 3.8) is 0 Å². The number of esters is 1. The van der Waals surface area contributed by atoms with Crippen molar-refractivity contribution in [1.29, 1.82) is 0 Å². The third-order valence-corrected chi connectivity index (χ3v) is 2.27. The highest BCUT2D eigenvalue weighted by Crippen LogP contribution is 2.19. The Morgan fingerprint density at radius 2 is 2.19 bits per heavy atom. The van der Waals surface area contributed by atoms with Crippen LogP contribution in [0.5, 0.6) is 5.75 Å². The SMILES string of the molecule is CCNC(C(=O)OC)c1cccc(OC)c1. The molecule has 0 fully saturated rings. The summed E-state index contributed by atoms with van der Waals surface area (Å²) in [6.07, 6.45) is 0. The average molecular weight is 223 g/mol. The lowest BCUT2D eigenvalue weighted by Gasteiger charge is -2.16. The van der Waals surface area contributed by atoms with Gasteiger partial charge in [0.25, 0.3) is 0 Å². The fourth-order valence-electron chi connectivity index (χ4n) is 1.48. The normalized spacial score (nSPS) is 11.9. The molecule has 0 saturated carbocycles. The first kappa shape index (κ1) is 12.5. The number of hydrogen-bond donors (Lipinski definition) is 1. The summed E-state index contributed by atoms with van der Waals surface area (Å²) in [5, 5.41) is 3.07. The van der Waals surface area contributed by atoms with Crippen molar-refractivity contribution in [1.82, 2.24) is 5.32 Å². The molecule has 1 rings (SSSR count). The largest absolute Gasteiger partial charge is 0.497 e. The van der Waals surface area contributed by atoms with Crippen LogP contribution < -0.4 is 10.1 Å². The van der Waals surface area contributed by atoms with Crippen LogP contribution in [0.4, 0.5) is 0 Å². The number of carbonyl (C=O) groups is 1. The summed E-state index contributed by atoms with van der Waals surface area (Å²) in [5.74, 6) is 0.430. The first-order valence-corrected chi connectivity index (χ1v) is 5.18. The maximum absolute atomic E-state index is 11.6. The molecular weight excluding hydrogens is 206 g/mol. The highest BCUT2D eigenvalue weighted by molar-refractivity contribution is 5.77. The molecule has 0 aliphatic carbocycles. The molecule has 0 radical (unpaired) electrons. The number of rotatable bonds is 5. The first-order chi connectivity index (χ1) is 7.72. The molecule has 1 aromatic carbocycles. The van der Waals surface area contributed by atoms with E-state index in [0.29, 0.717) is 6.54 Å². The number of hydrogen-bond acceptors (Lipinski definition) is 4. The fraction of sp³-hybridized carbons (Fsp3) is 0.417. The minimum atomic E-state index is -0.440. The third-order valence-electron chi connectivity index (χ3n) is 2.27. The van der Waals surface area contributed by atoms with E-state index in [4.69, 9.17) is 9.47 Å². The molecule has 1 N–H and O–H groups in total. The Kier molecular flexibility index (Phi) is 4.79. The van der Waals surface area contributed by atoms with Crippen molar-refractivity contribution < 1.29 is 14.3 Å². The number of ether oxygens (including phenoxy) is 2. The maximum Gasteiger partial charge on any atom is 0.327 e. The zero-order valence-electron chi connectivity index (χ0n) is 9.82. The van der Waals surface area contributed by atoms with Gasteiger partial charge in [-0.1, -0.05) is 19.1 Å². The second-order valence-electron chi connectivity index (χ2n) is 3.29. The zero-order chi connectivity index (χ0) is 12.0. The molecule has 0 saturated heterocycles. The highest BCUT2D eigenvalue weighted by Gasteiger charge is 2.20. The third kappa shape index (κ3) is 2.97. The van der Waals surface area contributed by atoms with E-state index < -0.39 is 6.04 Å². The van der Waals surface area contributed by atoms with Crippen molar-refractivity contribution >= 4 is 5.97 Å². The molecule has 0 bridgehead atoms. The van der Waals surface area contributed by atoms with E-state index in [2.05, 4.69) is 5.32 Å². The van der Waals surface area contributed by atoms with E-state index in [9.17, 15) is 4.79 Å². The molecule has 0 heterocycles. The monoisotopic (exact) mass is 223 g/mol. The van der Waals surface area contributed by atoms with Crippen molar-refractivity contribution in [2.75, 3.05) is 20.8 Å². The summed E-state index contributed by atoms with van der Waals surface area (Å²) in [4.78, 5) is 11.6. The number of carbonyl (C=O) groups excluding carboxylic acids is 1. The lowest BCUT2D eigenvalue weighted by molar-refractivity contribution is -0.143. The van der Waals surface area contributed by atoms with E-state index in [1.807, 2.05) is 31.2 Å². The lowest BCUT2D eigenvalue weighted by Crippen LogP contribution is -2.29. The quantitative estimate of drug-likeness (QED) is 0.769. The first-order valence-electron chi connectivity index (χ1n) is 5.18. The number of benzene rings is 1. The van der Waals surface area contributed by atoms with Crippen molar-refractivity contribution in [2.45, 2.75) is 13.0 Å². The van der Waals surface area contributed by atoms with Gasteiger partial charge in [-0.05, 0) is 24.2 Å². The molecule has 4 heteroatoms. The van der Waals surface area contributed by atoms with E-state index >= 15 is 0 Å².